The maximum atomic E-state index is 12.3. The molecule has 1 aliphatic heterocycles. The fraction of sp³-hybridized carbons (Fsp3) is 0.462. The van der Waals surface area contributed by atoms with Crippen LogP contribution in [-0.2, 0) is 14.8 Å². The molecule has 0 amide bonds. The molecule has 1 aliphatic rings. The highest BCUT2D eigenvalue weighted by molar-refractivity contribution is 7.89. The molecule has 6 nitrogen and oxygen atoms in total. The Hall–Kier alpha value is -1.44. The summed E-state index contributed by atoms with van der Waals surface area (Å²) < 4.78 is 30.5. The van der Waals surface area contributed by atoms with Gasteiger partial charge in [-0.05, 0) is 24.6 Å². The van der Waals surface area contributed by atoms with Crippen molar-refractivity contribution in [3.05, 3.63) is 29.8 Å². The van der Waals surface area contributed by atoms with Crippen molar-refractivity contribution in [1.82, 2.24) is 4.31 Å². The third-order valence-corrected chi connectivity index (χ3v) is 5.28. The summed E-state index contributed by atoms with van der Waals surface area (Å²) in [4.78, 5) is 11.5. The van der Waals surface area contributed by atoms with E-state index in [9.17, 15) is 18.3 Å². The topological polar surface area (TPSA) is 83.9 Å². The minimum atomic E-state index is -3.68. The van der Waals surface area contributed by atoms with E-state index in [2.05, 4.69) is 4.74 Å². The van der Waals surface area contributed by atoms with Crippen molar-refractivity contribution in [3.63, 3.8) is 0 Å². The first-order chi connectivity index (χ1) is 9.32. The van der Waals surface area contributed by atoms with Crippen molar-refractivity contribution in [1.29, 1.82) is 0 Å². The Morgan fingerprint density at radius 3 is 2.65 bits per heavy atom. The Morgan fingerprint density at radius 2 is 2.10 bits per heavy atom. The van der Waals surface area contributed by atoms with Gasteiger partial charge in [0.2, 0.25) is 10.0 Å². The number of hydrogen-bond acceptors (Lipinski definition) is 5. The highest BCUT2D eigenvalue weighted by atomic mass is 32.2. The second-order valence-corrected chi connectivity index (χ2v) is 6.81. The molecule has 0 saturated carbocycles. The Labute approximate surface area is 118 Å². The number of sulfonamides is 1. The van der Waals surface area contributed by atoms with Crippen LogP contribution in [0, 0.1) is 0 Å². The molecule has 20 heavy (non-hydrogen) atoms. The molecule has 1 saturated heterocycles. The van der Waals surface area contributed by atoms with E-state index in [1.54, 1.807) is 0 Å². The molecule has 0 spiro atoms. The summed E-state index contributed by atoms with van der Waals surface area (Å²) in [5.74, 6) is -0.587. The largest absolute Gasteiger partial charge is 0.465 e. The van der Waals surface area contributed by atoms with Crippen LogP contribution in [0.15, 0.2) is 29.2 Å². The molecule has 0 aliphatic carbocycles. The molecule has 0 atom stereocenters. The van der Waals surface area contributed by atoms with E-state index in [1.165, 1.54) is 35.7 Å². The molecule has 0 bridgehead atoms. The standard InChI is InChI=1S/C13H17NO5S/c1-3-13(16)8-14(9-13)20(17,18)11-6-4-5-10(7-11)12(15)19-2/h4-7,16H,3,8-9H2,1-2H3. The van der Waals surface area contributed by atoms with Crippen LogP contribution in [0.4, 0.5) is 0 Å². The Balaban J connectivity index is 2.25. The number of ether oxygens (including phenoxy) is 1. The van der Waals surface area contributed by atoms with Gasteiger partial charge in [0.05, 0.1) is 23.2 Å². The van der Waals surface area contributed by atoms with E-state index in [1.807, 2.05) is 6.92 Å². The van der Waals surface area contributed by atoms with Gasteiger partial charge in [-0.1, -0.05) is 13.0 Å². The Bertz CT molecular complexity index is 619. The molecule has 0 aromatic heterocycles. The van der Waals surface area contributed by atoms with E-state index in [0.29, 0.717) is 6.42 Å². The smallest absolute Gasteiger partial charge is 0.337 e. The van der Waals surface area contributed by atoms with Crippen molar-refractivity contribution >= 4 is 16.0 Å². The second-order valence-electron chi connectivity index (χ2n) is 4.87. The highest BCUT2D eigenvalue weighted by Gasteiger charge is 2.46. The zero-order chi connectivity index (χ0) is 15.0. The molecule has 110 valence electrons. The van der Waals surface area contributed by atoms with Gasteiger partial charge in [-0.25, -0.2) is 13.2 Å². The van der Waals surface area contributed by atoms with Crippen molar-refractivity contribution < 1.29 is 23.1 Å². The first-order valence-corrected chi connectivity index (χ1v) is 7.67. The predicted molar refractivity (Wildman–Crippen MR) is 71.8 cm³/mol. The summed E-state index contributed by atoms with van der Waals surface area (Å²) in [5, 5.41) is 9.90. The Morgan fingerprint density at radius 1 is 1.45 bits per heavy atom. The predicted octanol–water partition coefficient (Wildman–Crippen LogP) is 0.619. The summed E-state index contributed by atoms with van der Waals surface area (Å²) in [6.45, 7) is 1.96. The van der Waals surface area contributed by atoms with Gasteiger partial charge in [-0.2, -0.15) is 4.31 Å². The van der Waals surface area contributed by atoms with Crippen LogP contribution >= 0.6 is 0 Å². The third kappa shape index (κ3) is 2.56. The normalized spacial score (nSPS) is 18.4. The van der Waals surface area contributed by atoms with Gasteiger partial charge in [0, 0.05) is 13.1 Å². The first-order valence-electron chi connectivity index (χ1n) is 6.23. The number of esters is 1. The Kier molecular flexibility index (Phi) is 3.86. The van der Waals surface area contributed by atoms with Crippen LogP contribution in [0.2, 0.25) is 0 Å². The summed E-state index contributed by atoms with van der Waals surface area (Å²) in [6.07, 6.45) is 0.501. The fourth-order valence-electron chi connectivity index (χ4n) is 2.05. The van der Waals surface area contributed by atoms with E-state index >= 15 is 0 Å². The van der Waals surface area contributed by atoms with Crippen LogP contribution in [0.25, 0.3) is 0 Å². The van der Waals surface area contributed by atoms with E-state index in [0.717, 1.165) is 0 Å². The zero-order valence-corrected chi connectivity index (χ0v) is 12.2. The maximum absolute atomic E-state index is 12.3. The first kappa shape index (κ1) is 15.0. The molecular weight excluding hydrogens is 282 g/mol. The minimum absolute atomic E-state index is 0.0264. The van der Waals surface area contributed by atoms with Gasteiger partial charge < -0.3 is 9.84 Å². The number of nitrogens with zero attached hydrogens (tertiary/aromatic N) is 1. The number of hydrogen-bond donors (Lipinski definition) is 1. The minimum Gasteiger partial charge on any atom is -0.465 e. The molecule has 1 heterocycles. The zero-order valence-electron chi connectivity index (χ0n) is 11.4. The van der Waals surface area contributed by atoms with Crippen molar-refractivity contribution in [2.24, 2.45) is 0 Å². The number of benzene rings is 1. The molecule has 2 rings (SSSR count). The van der Waals surface area contributed by atoms with Crippen LogP contribution in [0.5, 0.6) is 0 Å². The van der Waals surface area contributed by atoms with Crippen LogP contribution in [-0.4, -0.2) is 49.6 Å². The van der Waals surface area contributed by atoms with Gasteiger partial charge in [0.25, 0.3) is 0 Å². The lowest BCUT2D eigenvalue weighted by Crippen LogP contribution is -2.62. The molecule has 1 aromatic rings. The lowest BCUT2D eigenvalue weighted by atomic mass is 9.94. The van der Waals surface area contributed by atoms with Crippen LogP contribution < -0.4 is 0 Å². The maximum Gasteiger partial charge on any atom is 0.337 e. The van der Waals surface area contributed by atoms with Gasteiger partial charge in [0.15, 0.2) is 0 Å². The summed E-state index contributed by atoms with van der Waals surface area (Å²) >= 11 is 0. The number of rotatable bonds is 4. The number of carbonyl (C=O) groups excluding carboxylic acids is 1. The summed E-state index contributed by atoms with van der Waals surface area (Å²) in [7, 11) is -2.45. The molecule has 1 aromatic carbocycles. The average Bonchev–Trinajstić information content (AvgIpc) is 2.43. The fourth-order valence-corrected chi connectivity index (χ4v) is 3.70. The van der Waals surface area contributed by atoms with Crippen molar-refractivity contribution in [2.45, 2.75) is 23.8 Å². The van der Waals surface area contributed by atoms with E-state index < -0.39 is 21.6 Å². The number of aliphatic hydroxyl groups is 1. The quantitative estimate of drug-likeness (QED) is 0.824. The monoisotopic (exact) mass is 299 g/mol. The van der Waals surface area contributed by atoms with E-state index in [-0.39, 0.29) is 23.5 Å². The van der Waals surface area contributed by atoms with Crippen LogP contribution in [0.1, 0.15) is 23.7 Å². The number of β-amino-alcohol motifs (C(OH)–C–C–N with tert-alkyl or cyclic N) is 1. The number of methoxy groups -OCH3 is 1. The van der Waals surface area contributed by atoms with Gasteiger partial charge in [-0.3, -0.25) is 0 Å². The van der Waals surface area contributed by atoms with Gasteiger partial charge in [-0.15, -0.1) is 0 Å². The molecule has 7 heteroatoms. The molecule has 0 unspecified atom stereocenters. The number of carbonyl (C=O) groups is 1. The lowest BCUT2D eigenvalue weighted by Gasteiger charge is -2.44. The third-order valence-electron chi connectivity index (χ3n) is 3.49. The van der Waals surface area contributed by atoms with Crippen LogP contribution in [0.3, 0.4) is 0 Å². The molecule has 1 fully saturated rings. The lowest BCUT2D eigenvalue weighted by molar-refractivity contribution is -0.0613. The van der Waals surface area contributed by atoms with E-state index in [4.69, 9.17) is 0 Å². The van der Waals surface area contributed by atoms with Gasteiger partial charge in [0.1, 0.15) is 0 Å². The SMILES string of the molecule is CCC1(O)CN(S(=O)(=O)c2cccc(C(=O)OC)c2)C1. The molecule has 0 radical (unpaired) electrons. The van der Waals surface area contributed by atoms with Gasteiger partial charge >= 0.3 is 5.97 Å². The average molecular weight is 299 g/mol. The molecular formula is C13H17NO5S. The summed E-state index contributed by atoms with van der Waals surface area (Å²) in [6, 6.07) is 5.68. The van der Waals surface area contributed by atoms with Crippen molar-refractivity contribution in [2.75, 3.05) is 20.2 Å². The second kappa shape index (κ2) is 5.16. The summed E-state index contributed by atoms with van der Waals surface area (Å²) in [5.41, 5.74) is -0.757. The highest BCUT2D eigenvalue weighted by Crippen LogP contribution is 2.30. The molecule has 1 N–H and O–H groups in total. The van der Waals surface area contributed by atoms with Crippen molar-refractivity contribution in [3.8, 4) is 0 Å².